The summed E-state index contributed by atoms with van der Waals surface area (Å²) in [6.45, 7) is 3.96. The van der Waals surface area contributed by atoms with E-state index < -0.39 is 15.8 Å². The minimum Gasteiger partial charge on any atom is -0.207 e. The van der Waals surface area contributed by atoms with Crippen LogP contribution in [0.5, 0.6) is 0 Å². The molecule has 0 atom stereocenters. The predicted molar refractivity (Wildman–Crippen MR) is 94.7 cm³/mol. The number of nitriles is 1. The highest BCUT2D eigenvalue weighted by Crippen LogP contribution is 2.25. The van der Waals surface area contributed by atoms with Gasteiger partial charge in [-0.2, -0.15) is 9.57 Å². The number of hydrogen-bond acceptors (Lipinski definition) is 3. The molecule has 0 aromatic heterocycles. The first kappa shape index (κ1) is 19.1. The van der Waals surface area contributed by atoms with Gasteiger partial charge in [0.2, 0.25) is 10.0 Å². The van der Waals surface area contributed by atoms with Crippen LogP contribution in [0.25, 0.3) is 0 Å². The fourth-order valence-corrected chi connectivity index (χ4v) is 4.53. The molecule has 0 bridgehead atoms. The summed E-state index contributed by atoms with van der Waals surface area (Å²) in [5, 5.41) is 9.28. The molecule has 0 spiro atoms. The number of hydrogen-bond donors (Lipinski definition) is 0. The lowest BCUT2D eigenvalue weighted by atomic mass is 10.1. The van der Waals surface area contributed by atoms with Gasteiger partial charge < -0.3 is 0 Å². The van der Waals surface area contributed by atoms with E-state index >= 15 is 0 Å². The van der Waals surface area contributed by atoms with E-state index in [1.54, 1.807) is 24.3 Å². The monoisotopic (exact) mass is 360 g/mol. The quantitative estimate of drug-likeness (QED) is 0.747. The van der Waals surface area contributed by atoms with Crippen molar-refractivity contribution in [3.8, 4) is 6.07 Å². The lowest BCUT2D eigenvalue weighted by Crippen LogP contribution is -2.39. The Balaban J connectivity index is 2.49. The number of sulfonamides is 1. The second-order valence-corrected chi connectivity index (χ2v) is 7.63. The van der Waals surface area contributed by atoms with E-state index in [0.717, 1.165) is 12.1 Å². The van der Waals surface area contributed by atoms with Gasteiger partial charge in [0.1, 0.15) is 5.82 Å². The molecule has 0 aliphatic carbocycles. The van der Waals surface area contributed by atoms with E-state index in [2.05, 4.69) is 6.07 Å². The minimum absolute atomic E-state index is 0.0511. The molecule has 2 aromatic carbocycles. The summed E-state index contributed by atoms with van der Waals surface area (Å²) in [5.74, 6) is -0.483. The van der Waals surface area contributed by atoms with Crippen molar-refractivity contribution in [2.24, 2.45) is 0 Å². The first-order chi connectivity index (χ1) is 11.9. The van der Waals surface area contributed by atoms with Gasteiger partial charge in [0, 0.05) is 12.6 Å². The van der Waals surface area contributed by atoms with Gasteiger partial charge in [0.15, 0.2) is 0 Å². The molecule has 2 aromatic rings. The third-order valence-electron chi connectivity index (χ3n) is 4.23. The van der Waals surface area contributed by atoms with Gasteiger partial charge >= 0.3 is 0 Å². The van der Waals surface area contributed by atoms with Crippen LogP contribution in [-0.4, -0.2) is 18.8 Å². The average Bonchev–Trinajstić information content (AvgIpc) is 2.62. The Morgan fingerprint density at radius 2 is 1.68 bits per heavy atom. The van der Waals surface area contributed by atoms with E-state index in [4.69, 9.17) is 0 Å². The van der Waals surface area contributed by atoms with Crippen molar-refractivity contribution in [3.63, 3.8) is 0 Å². The van der Waals surface area contributed by atoms with Crippen molar-refractivity contribution >= 4 is 10.0 Å². The van der Waals surface area contributed by atoms with Crippen molar-refractivity contribution in [3.05, 3.63) is 65.5 Å². The van der Waals surface area contributed by atoms with Gasteiger partial charge in [-0.05, 0) is 48.7 Å². The summed E-state index contributed by atoms with van der Waals surface area (Å²) in [6.07, 6.45) is 1.29. The molecule has 6 heteroatoms. The van der Waals surface area contributed by atoms with Gasteiger partial charge in [-0.3, -0.25) is 0 Å². The van der Waals surface area contributed by atoms with Gasteiger partial charge in [-0.1, -0.05) is 32.0 Å². The van der Waals surface area contributed by atoms with E-state index in [9.17, 15) is 18.1 Å². The molecule has 0 heterocycles. The predicted octanol–water partition coefficient (Wildman–Crippen LogP) is 4.08. The van der Waals surface area contributed by atoms with Crippen LogP contribution in [0.4, 0.5) is 4.39 Å². The highest BCUT2D eigenvalue weighted by atomic mass is 32.2. The molecule has 0 saturated carbocycles. The Labute approximate surface area is 148 Å². The molecular formula is C19H21FN2O2S. The van der Waals surface area contributed by atoms with Gasteiger partial charge in [-0.25, -0.2) is 12.8 Å². The van der Waals surface area contributed by atoms with Crippen molar-refractivity contribution in [1.29, 1.82) is 5.26 Å². The summed E-state index contributed by atoms with van der Waals surface area (Å²) >= 11 is 0. The van der Waals surface area contributed by atoms with Crippen LogP contribution in [0.3, 0.4) is 0 Å². The molecule has 0 fully saturated rings. The third-order valence-corrected chi connectivity index (χ3v) is 6.15. The number of benzene rings is 2. The molecule has 0 unspecified atom stereocenters. The Bertz CT molecular complexity index is 854. The standard InChI is InChI=1S/C19H21FN2O2S/c1-3-18(4-2)22(14-16-8-6-5-7-15(16)13-21)25(23,24)19-11-9-17(20)10-12-19/h5-12,18H,3-4,14H2,1-2H3. The van der Waals surface area contributed by atoms with Crippen LogP contribution < -0.4 is 0 Å². The molecule has 0 saturated heterocycles. The van der Waals surface area contributed by atoms with E-state index in [-0.39, 0.29) is 17.5 Å². The molecule has 132 valence electrons. The van der Waals surface area contributed by atoms with Gasteiger partial charge in [0.05, 0.1) is 16.5 Å². The zero-order valence-corrected chi connectivity index (χ0v) is 15.1. The molecule has 0 amide bonds. The molecular weight excluding hydrogens is 339 g/mol. The maximum Gasteiger partial charge on any atom is 0.243 e. The summed E-state index contributed by atoms with van der Waals surface area (Å²) in [5.41, 5.74) is 1.11. The van der Waals surface area contributed by atoms with Crippen LogP contribution in [0.15, 0.2) is 53.4 Å². The number of halogens is 1. The summed E-state index contributed by atoms with van der Waals surface area (Å²) in [6, 6.07) is 13.7. The van der Waals surface area contributed by atoms with Crippen LogP contribution in [0, 0.1) is 17.1 Å². The Morgan fingerprint density at radius 3 is 2.24 bits per heavy atom. The third kappa shape index (κ3) is 4.25. The van der Waals surface area contributed by atoms with Crippen molar-refractivity contribution < 1.29 is 12.8 Å². The second kappa shape index (κ2) is 8.24. The lowest BCUT2D eigenvalue weighted by Gasteiger charge is -2.30. The van der Waals surface area contributed by atoms with E-state index in [1.807, 2.05) is 13.8 Å². The van der Waals surface area contributed by atoms with E-state index in [0.29, 0.717) is 24.0 Å². The maximum absolute atomic E-state index is 13.2. The Hall–Kier alpha value is -2.23. The van der Waals surface area contributed by atoms with Crippen molar-refractivity contribution in [2.75, 3.05) is 0 Å². The topological polar surface area (TPSA) is 61.2 Å². The SMILES string of the molecule is CCC(CC)N(Cc1ccccc1C#N)S(=O)(=O)c1ccc(F)cc1. The van der Waals surface area contributed by atoms with Crippen LogP contribution >= 0.6 is 0 Å². The van der Waals surface area contributed by atoms with Crippen LogP contribution in [-0.2, 0) is 16.6 Å². The zero-order chi connectivity index (χ0) is 18.4. The fraction of sp³-hybridized carbons (Fsp3) is 0.316. The van der Waals surface area contributed by atoms with Crippen molar-refractivity contribution in [1.82, 2.24) is 4.31 Å². The van der Waals surface area contributed by atoms with E-state index in [1.165, 1.54) is 16.4 Å². The maximum atomic E-state index is 13.2. The largest absolute Gasteiger partial charge is 0.243 e. The molecule has 0 aliphatic rings. The molecule has 2 rings (SSSR count). The Kier molecular flexibility index (Phi) is 6.29. The van der Waals surface area contributed by atoms with Crippen molar-refractivity contribution in [2.45, 2.75) is 44.2 Å². The first-order valence-corrected chi connectivity index (χ1v) is 9.63. The van der Waals surface area contributed by atoms with Crippen LogP contribution in [0.2, 0.25) is 0 Å². The summed E-state index contributed by atoms with van der Waals surface area (Å²) in [7, 11) is -3.81. The van der Waals surface area contributed by atoms with Gasteiger partial charge in [0.25, 0.3) is 0 Å². The highest BCUT2D eigenvalue weighted by molar-refractivity contribution is 7.89. The number of rotatable bonds is 7. The summed E-state index contributed by atoms with van der Waals surface area (Å²) in [4.78, 5) is 0.0511. The Morgan fingerprint density at radius 1 is 1.08 bits per heavy atom. The molecule has 0 radical (unpaired) electrons. The normalized spacial score (nSPS) is 11.7. The molecule has 0 aliphatic heterocycles. The fourth-order valence-electron chi connectivity index (χ4n) is 2.78. The second-order valence-electron chi connectivity index (χ2n) is 5.74. The molecule has 4 nitrogen and oxygen atoms in total. The smallest absolute Gasteiger partial charge is 0.207 e. The average molecular weight is 360 g/mol. The first-order valence-electron chi connectivity index (χ1n) is 8.19. The highest BCUT2D eigenvalue weighted by Gasteiger charge is 2.30. The summed E-state index contributed by atoms with van der Waals surface area (Å²) < 4.78 is 40.8. The number of nitrogens with zero attached hydrogens (tertiary/aromatic N) is 2. The van der Waals surface area contributed by atoms with Crippen LogP contribution in [0.1, 0.15) is 37.8 Å². The lowest BCUT2D eigenvalue weighted by molar-refractivity contribution is 0.297. The van der Waals surface area contributed by atoms with Gasteiger partial charge in [-0.15, -0.1) is 0 Å². The molecule has 25 heavy (non-hydrogen) atoms. The zero-order valence-electron chi connectivity index (χ0n) is 14.3. The molecule has 0 N–H and O–H groups in total. The minimum atomic E-state index is -3.81.